The van der Waals surface area contributed by atoms with Crippen LogP contribution in [0.25, 0.3) is 0 Å². The fourth-order valence-corrected chi connectivity index (χ4v) is 3.78. The molecule has 2 aromatic rings. The van der Waals surface area contributed by atoms with E-state index in [1.807, 2.05) is 0 Å². The van der Waals surface area contributed by atoms with Crippen molar-refractivity contribution < 1.29 is 27.2 Å². The van der Waals surface area contributed by atoms with Crippen molar-refractivity contribution in [3.8, 4) is 0 Å². The van der Waals surface area contributed by atoms with Gasteiger partial charge in [-0.05, 0) is 31.5 Å². The third-order valence-electron chi connectivity index (χ3n) is 4.40. The average Bonchev–Trinajstić information content (AvgIpc) is 3.23. The summed E-state index contributed by atoms with van der Waals surface area (Å²) >= 11 is 0. The molecule has 0 atom stereocenters. The highest BCUT2D eigenvalue weighted by atomic mass is 32.2. The number of anilines is 1. The highest BCUT2D eigenvalue weighted by Gasteiger charge is 2.30. The number of imide groups is 1. The summed E-state index contributed by atoms with van der Waals surface area (Å²) < 4.78 is 29.6. The summed E-state index contributed by atoms with van der Waals surface area (Å²) in [5.41, 5.74) is 0.752. The predicted octanol–water partition coefficient (Wildman–Crippen LogP) is 0.930. The largest absolute Gasteiger partial charge is 0.407 e. The summed E-state index contributed by atoms with van der Waals surface area (Å²) in [6.45, 7) is 2.83. The number of rotatable bonds is 7. The van der Waals surface area contributed by atoms with Crippen LogP contribution in [0.3, 0.4) is 0 Å². The molecule has 1 aromatic heterocycles. The first-order valence-corrected chi connectivity index (χ1v) is 10.5. The lowest BCUT2D eigenvalue weighted by atomic mass is 10.1. The third kappa shape index (κ3) is 4.67. The molecular weight excluding hydrogens is 400 g/mol. The molecule has 11 heteroatoms. The first-order chi connectivity index (χ1) is 13.7. The van der Waals surface area contributed by atoms with Crippen LogP contribution in [0.4, 0.5) is 6.01 Å². The highest BCUT2D eigenvalue weighted by Crippen LogP contribution is 2.18. The number of carbonyl (C=O) groups is 3. The van der Waals surface area contributed by atoms with Crippen LogP contribution in [0.2, 0.25) is 0 Å². The topological polar surface area (TPSA) is 140 Å². The van der Waals surface area contributed by atoms with Crippen LogP contribution in [0.5, 0.6) is 0 Å². The van der Waals surface area contributed by atoms with E-state index in [0.717, 1.165) is 10.5 Å². The van der Waals surface area contributed by atoms with Crippen molar-refractivity contribution in [3.63, 3.8) is 0 Å². The fourth-order valence-electron chi connectivity index (χ4n) is 2.72. The van der Waals surface area contributed by atoms with Gasteiger partial charge in [-0.25, -0.2) is 8.42 Å². The number of sulfone groups is 1. The maximum absolute atomic E-state index is 12.1. The molecule has 1 aliphatic rings. The van der Waals surface area contributed by atoms with Crippen molar-refractivity contribution in [2.24, 2.45) is 0 Å². The first kappa shape index (κ1) is 20.6. The Balaban J connectivity index is 1.60. The number of nitrogens with one attached hydrogen (secondary N) is 1. The van der Waals surface area contributed by atoms with Crippen molar-refractivity contribution >= 4 is 33.6 Å². The summed E-state index contributed by atoms with van der Waals surface area (Å²) in [6.07, 6.45) is 0.454. The fraction of sp³-hybridized carbons (Fsp3) is 0.389. The molecule has 29 heavy (non-hydrogen) atoms. The van der Waals surface area contributed by atoms with Gasteiger partial charge >= 0.3 is 6.01 Å². The maximum atomic E-state index is 12.1. The highest BCUT2D eigenvalue weighted by molar-refractivity contribution is 7.92. The Kier molecular flexibility index (Phi) is 5.78. The van der Waals surface area contributed by atoms with Crippen LogP contribution in [0.15, 0.2) is 33.6 Å². The molecule has 1 aromatic carbocycles. The molecule has 0 radical (unpaired) electrons. The van der Waals surface area contributed by atoms with Crippen molar-refractivity contribution in [1.29, 1.82) is 0 Å². The van der Waals surface area contributed by atoms with E-state index in [-0.39, 0.29) is 47.9 Å². The molecule has 1 saturated heterocycles. The van der Waals surface area contributed by atoms with Crippen LogP contribution in [-0.2, 0) is 30.6 Å². The first-order valence-electron chi connectivity index (χ1n) is 8.95. The molecule has 1 N–H and O–H groups in total. The van der Waals surface area contributed by atoms with Crippen molar-refractivity contribution in [2.75, 3.05) is 11.9 Å². The summed E-state index contributed by atoms with van der Waals surface area (Å²) in [6, 6.07) is 6.20. The van der Waals surface area contributed by atoms with Gasteiger partial charge in [-0.1, -0.05) is 17.2 Å². The zero-order valence-corrected chi connectivity index (χ0v) is 16.7. The van der Waals surface area contributed by atoms with Crippen LogP contribution in [-0.4, -0.2) is 53.0 Å². The number of nitrogens with zero attached hydrogens (tertiary/aromatic N) is 3. The van der Waals surface area contributed by atoms with Crippen molar-refractivity contribution in [2.45, 2.75) is 43.3 Å². The van der Waals surface area contributed by atoms with E-state index in [2.05, 4.69) is 15.5 Å². The normalized spacial score (nSPS) is 14.7. The quantitative estimate of drug-likeness (QED) is 0.653. The molecule has 2 heterocycles. The van der Waals surface area contributed by atoms with Gasteiger partial charge in [0.15, 0.2) is 9.84 Å². The number of likely N-dealkylation sites (tertiary alicyclic amines) is 1. The molecular formula is C18H20N4O6S. The number of amides is 3. The number of benzene rings is 1. The molecule has 0 saturated carbocycles. The second kappa shape index (κ2) is 8.11. The Morgan fingerprint density at radius 1 is 1.14 bits per heavy atom. The second-order valence-corrected chi connectivity index (χ2v) is 9.34. The van der Waals surface area contributed by atoms with E-state index in [4.69, 9.17) is 4.42 Å². The Hall–Kier alpha value is -3.08. The van der Waals surface area contributed by atoms with Gasteiger partial charge in [0.25, 0.3) is 0 Å². The summed E-state index contributed by atoms with van der Waals surface area (Å²) in [4.78, 5) is 36.2. The monoisotopic (exact) mass is 420 g/mol. The van der Waals surface area contributed by atoms with Crippen molar-refractivity contribution in [3.05, 3.63) is 35.7 Å². The smallest absolute Gasteiger partial charge is 0.322 e. The van der Waals surface area contributed by atoms with E-state index in [9.17, 15) is 22.8 Å². The van der Waals surface area contributed by atoms with E-state index >= 15 is 0 Å². The van der Waals surface area contributed by atoms with Gasteiger partial charge in [0.05, 0.1) is 16.6 Å². The minimum absolute atomic E-state index is 0.105. The Morgan fingerprint density at radius 3 is 2.34 bits per heavy atom. The predicted molar refractivity (Wildman–Crippen MR) is 100 cm³/mol. The zero-order valence-electron chi connectivity index (χ0n) is 15.9. The van der Waals surface area contributed by atoms with Crippen LogP contribution < -0.4 is 5.32 Å². The lowest BCUT2D eigenvalue weighted by Crippen LogP contribution is -2.36. The van der Waals surface area contributed by atoms with Gasteiger partial charge in [-0.2, -0.15) is 0 Å². The van der Waals surface area contributed by atoms with Gasteiger partial charge < -0.3 is 4.42 Å². The van der Waals surface area contributed by atoms with Gasteiger partial charge in [-0.3, -0.25) is 24.6 Å². The van der Waals surface area contributed by atoms with Crippen LogP contribution in [0, 0.1) is 0 Å². The van der Waals surface area contributed by atoms with E-state index in [0.29, 0.717) is 0 Å². The number of hydrogen-bond donors (Lipinski definition) is 1. The lowest BCUT2D eigenvalue weighted by Gasteiger charge is -2.11. The van der Waals surface area contributed by atoms with E-state index in [1.54, 1.807) is 26.0 Å². The lowest BCUT2D eigenvalue weighted by molar-refractivity contribution is -0.141. The Bertz CT molecular complexity index is 1030. The average molecular weight is 420 g/mol. The molecule has 0 unspecified atom stereocenters. The molecule has 3 rings (SSSR count). The molecule has 0 aliphatic carbocycles. The van der Waals surface area contributed by atoms with E-state index in [1.165, 1.54) is 12.1 Å². The zero-order chi connectivity index (χ0) is 21.2. The summed E-state index contributed by atoms with van der Waals surface area (Å²) in [7, 11) is -3.34. The maximum Gasteiger partial charge on any atom is 0.322 e. The summed E-state index contributed by atoms with van der Waals surface area (Å²) in [5, 5.41) is 9.38. The van der Waals surface area contributed by atoms with Gasteiger partial charge in [0.2, 0.25) is 23.6 Å². The van der Waals surface area contributed by atoms with Gasteiger partial charge in [-0.15, -0.1) is 5.10 Å². The van der Waals surface area contributed by atoms with Crippen LogP contribution in [0.1, 0.15) is 38.1 Å². The number of aromatic nitrogens is 2. The molecule has 1 aliphatic heterocycles. The minimum Gasteiger partial charge on any atom is -0.407 e. The Labute approximate surface area is 167 Å². The van der Waals surface area contributed by atoms with Crippen LogP contribution >= 0.6 is 0 Å². The van der Waals surface area contributed by atoms with Crippen molar-refractivity contribution in [1.82, 2.24) is 15.1 Å². The molecule has 0 bridgehead atoms. The van der Waals surface area contributed by atoms with Gasteiger partial charge in [0, 0.05) is 12.8 Å². The molecule has 1 fully saturated rings. The molecule has 0 spiro atoms. The minimum atomic E-state index is -3.34. The number of hydrogen-bond acceptors (Lipinski definition) is 8. The SMILES string of the molecule is CC(C)S(=O)(=O)c1ccc(Cc2nnc(NC(=O)CN3C(=O)CCC3=O)o2)cc1. The summed E-state index contributed by atoms with van der Waals surface area (Å²) in [5.74, 6) is -1.18. The third-order valence-corrected chi connectivity index (χ3v) is 6.57. The van der Waals surface area contributed by atoms with E-state index < -0.39 is 27.5 Å². The van der Waals surface area contributed by atoms with Gasteiger partial charge in [0.1, 0.15) is 6.54 Å². The molecule has 10 nitrogen and oxygen atoms in total. The number of carbonyl (C=O) groups excluding carboxylic acids is 3. The molecule has 3 amide bonds. The Morgan fingerprint density at radius 2 is 1.76 bits per heavy atom. The standard InChI is InChI=1S/C18H20N4O6S/c1-11(2)29(26,27)13-5-3-12(4-6-13)9-15-20-21-18(28-15)19-14(23)10-22-16(24)7-8-17(22)25/h3-6,11H,7-10H2,1-2H3,(H,19,21,23). The second-order valence-electron chi connectivity index (χ2n) is 6.84. The molecule has 154 valence electrons.